The first-order valence-electron chi connectivity index (χ1n) is 5.74. The molecule has 2 atom stereocenters. The molecule has 0 saturated heterocycles. The molecule has 5 nitrogen and oxygen atoms in total. The van der Waals surface area contributed by atoms with E-state index in [0.29, 0.717) is 5.56 Å². The highest BCUT2D eigenvalue weighted by Crippen LogP contribution is 2.32. The number of hydrogen-bond acceptors (Lipinski definition) is 4. The highest BCUT2D eigenvalue weighted by molar-refractivity contribution is 5.99. The standard InChI is InChI=1S/C13H14O5/c14-10(7-1-2-7)8-3-5-9(6-4-8)11(15)12(16)13(17)18/h3-7,11-12,15-16H,1-2H2,(H,17,18). The molecule has 96 valence electrons. The van der Waals surface area contributed by atoms with Gasteiger partial charge in [-0.3, -0.25) is 4.79 Å². The Morgan fingerprint density at radius 3 is 2.11 bits per heavy atom. The number of aliphatic hydroxyl groups excluding tert-OH is 2. The molecule has 0 heterocycles. The van der Waals surface area contributed by atoms with Crippen LogP contribution in [-0.2, 0) is 4.79 Å². The fraction of sp³-hybridized carbons (Fsp3) is 0.385. The minimum absolute atomic E-state index is 0.0785. The van der Waals surface area contributed by atoms with Crippen LogP contribution in [0.4, 0.5) is 0 Å². The summed E-state index contributed by atoms with van der Waals surface area (Å²) in [4.78, 5) is 22.2. The van der Waals surface area contributed by atoms with Gasteiger partial charge < -0.3 is 15.3 Å². The Hall–Kier alpha value is -1.72. The second-order valence-electron chi connectivity index (χ2n) is 4.49. The second-order valence-corrected chi connectivity index (χ2v) is 4.49. The van der Waals surface area contributed by atoms with E-state index in [9.17, 15) is 19.8 Å². The van der Waals surface area contributed by atoms with Crippen molar-refractivity contribution in [2.45, 2.75) is 25.0 Å². The predicted molar refractivity (Wildman–Crippen MR) is 62.1 cm³/mol. The van der Waals surface area contributed by atoms with Crippen LogP contribution in [0.15, 0.2) is 24.3 Å². The first kappa shape index (κ1) is 12.7. The van der Waals surface area contributed by atoms with E-state index in [4.69, 9.17) is 5.11 Å². The summed E-state index contributed by atoms with van der Waals surface area (Å²) in [5.74, 6) is -1.29. The van der Waals surface area contributed by atoms with Crippen molar-refractivity contribution in [3.05, 3.63) is 35.4 Å². The summed E-state index contributed by atoms with van der Waals surface area (Å²) in [6, 6.07) is 6.03. The highest BCUT2D eigenvalue weighted by atomic mass is 16.4. The van der Waals surface area contributed by atoms with Gasteiger partial charge in [-0.05, 0) is 18.4 Å². The van der Waals surface area contributed by atoms with E-state index in [-0.39, 0.29) is 17.3 Å². The highest BCUT2D eigenvalue weighted by Gasteiger charge is 2.30. The minimum atomic E-state index is -1.87. The number of carbonyl (C=O) groups is 2. The second kappa shape index (κ2) is 4.88. The largest absolute Gasteiger partial charge is 0.479 e. The van der Waals surface area contributed by atoms with Crippen molar-refractivity contribution in [3.8, 4) is 0 Å². The smallest absolute Gasteiger partial charge is 0.335 e. The number of Topliss-reactive ketones (excluding diaryl/α,β-unsaturated/α-hetero) is 1. The van der Waals surface area contributed by atoms with E-state index in [0.717, 1.165) is 12.8 Å². The molecular weight excluding hydrogens is 236 g/mol. The van der Waals surface area contributed by atoms with Crippen LogP contribution in [0.2, 0.25) is 0 Å². The Morgan fingerprint density at radius 1 is 1.11 bits per heavy atom. The monoisotopic (exact) mass is 250 g/mol. The molecule has 1 aromatic rings. The normalized spacial score (nSPS) is 18.1. The quantitative estimate of drug-likeness (QED) is 0.670. The lowest BCUT2D eigenvalue weighted by molar-refractivity contribution is -0.153. The van der Waals surface area contributed by atoms with Gasteiger partial charge in [0.25, 0.3) is 0 Å². The van der Waals surface area contributed by atoms with E-state index in [2.05, 4.69) is 0 Å². The van der Waals surface area contributed by atoms with Crippen molar-refractivity contribution >= 4 is 11.8 Å². The summed E-state index contributed by atoms with van der Waals surface area (Å²) in [5, 5.41) is 27.4. The van der Waals surface area contributed by atoms with Crippen LogP contribution in [0.1, 0.15) is 34.9 Å². The van der Waals surface area contributed by atoms with Gasteiger partial charge in [0.05, 0.1) is 0 Å². The van der Waals surface area contributed by atoms with Gasteiger partial charge >= 0.3 is 5.97 Å². The molecule has 0 bridgehead atoms. The van der Waals surface area contributed by atoms with Gasteiger partial charge in [0.2, 0.25) is 0 Å². The maximum atomic E-state index is 11.7. The number of ketones is 1. The molecule has 1 aliphatic carbocycles. The SMILES string of the molecule is O=C(c1ccc(C(O)C(O)C(=O)O)cc1)C1CC1. The molecule has 0 radical (unpaired) electrons. The average Bonchev–Trinajstić information content (AvgIpc) is 3.20. The lowest BCUT2D eigenvalue weighted by Crippen LogP contribution is -2.27. The Balaban J connectivity index is 2.11. The number of rotatable bonds is 5. The molecule has 1 saturated carbocycles. The van der Waals surface area contributed by atoms with Crippen LogP contribution in [0.3, 0.4) is 0 Å². The molecule has 3 N–H and O–H groups in total. The van der Waals surface area contributed by atoms with Gasteiger partial charge in [-0.2, -0.15) is 0 Å². The third-order valence-corrected chi connectivity index (χ3v) is 3.04. The van der Waals surface area contributed by atoms with E-state index < -0.39 is 18.2 Å². The number of carbonyl (C=O) groups excluding carboxylic acids is 1. The van der Waals surface area contributed by atoms with Gasteiger partial charge in [-0.25, -0.2) is 4.79 Å². The first-order valence-corrected chi connectivity index (χ1v) is 5.74. The summed E-state index contributed by atoms with van der Waals surface area (Å²) >= 11 is 0. The van der Waals surface area contributed by atoms with Crippen molar-refractivity contribution in [2.75, 3.05) is 0 Å². The van der Waals surface area contributed by atoms with Crippen molar-refractivity contribution in [3.63, 3.8) is 0 Å². The van der Waals surface area contributed by atoms with Crippen molar-refractivity contribution in [2.24, 2.45) is 5.92 Å². The topological polar surface area (TPSA) is 94.8 Å². The molecule has 0 amide bonds. The molecule has 0 aromatic heterocycles. The number of aliphatic hydroxyl groups is 2. The summed E-state index contributed by atoms with van der Waals surface area (Å²) in [7, 11) is 0. The molecule has 0 spiro atoms. The van der Waals surface area contributed by atoms with E-state index in [1.54, 1.807) is 12.1 Å². The van der Waals surface area contributed by atoms with Crippen LogP contribution >= 0.6 is 0 Å². The minimum Gasteiger partial charge on any atom is -0.479 e. The van der Waals surface area contributed by atoms with E-state index in [1.165, 1.54) is 12.1 Å². The molecule has 2 unspecified atom stereocenters. The molecule has 0 aliphatic heterocycles. The zero-order valence-corrected chi connectivity index (χ0v) is 9.61. The number of carboxylic acids is 1. The van der Waals surface area contributed by atoms with Crippen molar-refractivity contribution in [1.29, 1.82) is 0 Å². The Morgan fingerprint density at radius 2 is 1.67 bits per heavy atom. The zero-order valence-electron chi connectivity index (χ0n) is 9.61. The zero-order chi connectivity index (χ0) is 13.3. The summed E-state index contributed by atoms with van der Waals surface area (Å²) < 4.78 is 0. The number of benzene rings is 1. The Labute approximate surface area is 104 Å². The molecule has 1 aliphatic rings. The Bertz CT molecular complexity index is 461. The van der Waals surface area contributed by atoms with Crippen molar-refractivity contribution < 1.29 is 24.9 Å². The molecule has 1 fully saturated rings. The van der Waals surface area contributed by atoms with Crippen molar-refractivity contribution in [1.82, 2.24) is 0 Å². The average molecular weight is 250 g/mol. The van der Waals surface area contributed by atoms with Crippen LogP contribution in [0.25, 0.3) is 0 Å². The number of carboxylic acid groups (broad SMARTS) is 1. The fourth-order valence-corrected chi connectivity index (χ4v) is 1.74. The maximum Gasteiger partial charge on any atom is 0.335 e. The molecule has 1 aromatic carbocycles. The van der Waals surface area contributed by atoms with Crippen LogP contribution in [0.5, 0.6) is 0 Å². The van der Waals surface area contributed by atoms with Gasteiger partial charge in [0, 0.05) is 11.5 Å². The third-order valence-electron chi connectivity index (χ3n) is 3.04. The van der Waals surface area contributed by atoms with Crippen LogP contribution < -0.4 is 0 Å². The number of aliphatic carboxylic acids is 1. The van der Waals surface area contributed by atoms with Crippen LogP contribution in [-0.4, -0.2) is 33.2 Å². The van der Waals surface area contributed by atoms with Gasteiger partial charge in [-0.1, -0.05) is 24.3 Å². The Kier molecular flexibility index (Phi) is 3.45. The maximum absolute atomic E-state index is 11.7. The van der Waals surface area contributed by atoms with E-state index >= 15 is 0 Å². The fourth-order valence-electron chi connectivity index (χ4n) is 1.74. The lowest BCUT2D eigenvalue weighted by Gasteiger charge is -2.14. The van der Waals surface area contributed by atoms with Crippen LogP contribution in [0, 0.1) is 5.92 Å². The molecule has 18 heavy (non-hydrogen) atoms. The van der Waals surface area contributed by atoms with E-state index in [1.807, 2.05) is 0 Å². The lowest BCUT2D eigenvalue weighted by atomic mass is 10.0. The van der Waals surface area contributed by atoms with Gasteiger partial charge in [0.15, 0.2) is 11.9 Å². The summed E-state index contributed by atoms with van der Waals surface area (Å²) in [6.07, 6.45) is -1.52. The first-order chi connectivity index (χ1) is 8.50. The third kappa shape index (κ3) is 2.57. The predicted octanol–water partition coefficient (Wildman–Crippen LogP) is 0.758. The van der Waals surface area contributed by atoms with Gasteiger partial charge in [0.1, 0.15) is 6.10 Å². The molecule has 5 heteroatoms. The molecular formula is C13H14O5. The molecule has 2 rings (SSSR count). The number of hydrogen-bond donors (Lipinski definition) is 3. The van der Waals surface area contributed by atoms with Gasteiger partial charge in [-0.15, -0.1) is 0 Å². The summed E-state index contributed by atoms with van der Waals surface area (Å²) in [5.41, 5.74) is 0.829. The summed E-state index contributed by atoms with van der Waals surface area (Å²) in [6.45, 7) is 0.